The van der Waals surface area contributed by atoms with Crippen molar-refractivity contribution in [2.75, 3.05) is 13.1 Å². The number of nitrogens with zero attached hydrogens (tertiary/aromatic N) is 3. The first-order chi connectivity index (χ1) is 9.72. The van der Waals surface area contributed by atoms with Crippen LogP contribution < -0.4 is 5.32 Å². The van der Waals surface area contributed by atoms with E-state index in [0.717, 1.165) is 12.0 Å². The van der Waals surface area contributed by atoms with Gasteiger partial charge < -0.3 is 14.6 Å². The van der Waals surface area contributed by atoms with Gasteiger partial charge in [0.1, 0.15) is 0 Å². The molecule has 1 saturated heterocycles. The molecule has 5 nitrogen and oxygen atoms in total. The van der Waals surface area contributed by atoms with Crippen molar-refractivity contribution in [3.05, 3.63) is 11.8 Å². The van der Waals surface area contributed by atoms with Gasteiger partial charge in [0.15, 0.2) is 0 Å². The van der Waals surface area contributed by atoms with E-state index in [2.05, 4.69) is 27.3 Å². The lowest BCUT2D eigenvalue weighted by molar-refractivity contribution is 0.0662. The van der Waals surface area contributed by atoms with Crippen LogP contribution in [0.2, 0.25) is 0 Å². The second kappa shape index (κ2) is 6.22. The van der Waals surface area contributed by atoms with Crippen molar-refractivity contribution >= 4 is 0 Å². The van der Waals surface area contributed by atoms with E-state index in [9.17, 15) is 0 Å². The van der Waals surface area contributed by atoms with E-state index in [1.807, 2.05) is 6.92 Å². The molecule has 2 aliphatic rings. The van der Waals surface area contributed by atoms with E-state index >= 15 is 0 Å². The van der Waals surface area contributed by atoms with Crippen LogP contribution >= 0.6 is 0 Å². The summed E-state index contributed by atoms with van der Waals surface area (Å²) in [5, 5.41) is 11.5. The van der Waals surface area contributed by atoms with Crippen LogP contribution in [0.3, 0.4) is 0 Å². The number of hydrogen-bond donors (Lipinski definition) is 1. The first-order valence-corrected chi connectivity index (χ1v) is 7.99. The highest BCUT2D eigenvalue weighted by molar-refractivity contribution is 4.88. The Hall–Kier alpha value is -0.940. The van der Waals surface area contributed by atoms with E-state index in [4.69, 9.17) is 4.42 Å². The van der Waals surface area contributed by atoms with E-state index in [1.54, 1.807) is 0 Å². The second-order valence-electron chi connectivity index (χ2n) is 6.37. The summed E-state index contributed by atoms with van der Waals surface area (Å²) >= 11 is 0. The lowest BCUT2D eigenvalue weighted by Gasteiger charge is -2.43. The van der Waals surface area contributed by atoms with E-state index < -0.39 is 0 Å². The van der Waals surface area contributed by atoms with Gasteiger partial charge in [-0.05, 0) is 45.1 Å². The molecule has 1 N–H and O–H groups in total. The molecule has 1 saturated carbocycles. The van der Waals surface area contributed by atoms with Crippen molar-refractivity contribution in [3.8, 4) is 0 Å². The number of aromatic nitrogens is 2. The maximum atomic E-state index is 5.41. The molecular formula is C15H26N4O. The number of likely N-dealkylation sites (tertiary alicyclic amines) is 1. The first-order valence-electron chi connectivity index (χ1n) is 7.99. The van der Waals surface area contributed by atoms with Crippen molar-refractivity contribution in [2.45, 2.75) is 64.6 Å². The molecule has 3 rings (SSSR count). The Labute approximate surface area is 121 Å². The van der Waals surface area contributed by atoms with Crippen LogP contribution in [-0.2, 0) is 6.54 Å². The van der Waals surface area contributed by atoms with Gasteiger partial charge in [-0.1, -0.05) is 6.42 Å². The Balaban J connectivity index is 1.47. The SMILES string of the molecule is Cc1nnc(CNC(C)C2CCCN(C3CCC3)C2)o1. The molecule has 2 heterocycles. The van der Waals surface area contributed by atoms with Gasteiger partial charge in [-0.25, -0.2) is 0 Å². The van der Waals surface area contributed by atoms with Gasteiger partial charge in [0.05, 0.1) is 6.54 Å². The van der Waals surface area contributed by atoms with Gasteiger partial charge in [-0.15, -0.1) is 10.2 Å². The zero-order valence-electron chi connectivity index (χ0n) is 12.6. The quantitative estimate of drug-likeness (QED) is 0.894. The first kappa shape index (κ1) is 14.0. The molecule has 0 radical (unpaired) electrons. The lowest BCUT2D eigenvalue weighted by atomic mass is 9.85. The van der Waals surface area contributed by atoms with Crippen LogP contribution in [0.4, 0.5) is 0 Å². The molecule has 2 unspecified atom stereocenters. The summed E-state index contributed by atoms with van der Waals surface area (Å²) in [6, 6.07) is 1.38. The minimum absolute atomic E-state index is 0.505. The molecule has 112 valence electrons. The predicted octanol–water partition coefficient (Wildman–Crippen LogP) is 2.12. The number of piperidine rings is 1. The van der Waals surface area contributed by atoms with Crippen LogP contribution in [0.25, 0.3) is 0 Å². The van der Waals surface area contributed by atoms with Crippen LogP contribution in [0.1, 0.15) is 50.8 Å². The third kappa shape index (κ3) is 3.20. The van der Waals surface area contributed by atoms with Gasteiger partial charge >= 0.3 is 0 Å². The summed E-state index contributed by atoms with van der Waals surface area (Å²) in [6.45, 7) is 7.36. The summed E-state index contributed by atoms with van der Waals surface area (Å²) in [6.07, 6.45) is 6.93. The largest absolute Gasteiger partial charge is 0.424 e. The van der Waals surface area contributed by atoms with Gasteiger partial charge in [0.2, 0.25) is 11.8 Å². The molecule has 1 aliphatic carbocycles. The molecule has 0 amide bonds. The summed E-state index contributed by atoms with van der Waals surface area (Å²) in [7, 11) is 0. The maximum Gasteiger partial charge on any atom is 0.230 e. The molecule has 1 aromatic heterocycles. The van der Waals surface area contributed by atoms with Crippen molar-refractivity contribution < 1.29 is 4.42 Å². The Morgan fingerprint density at radius 1 is 1.30 bits per heavy atom. The smallest absolute Gasteiger partial charge is 0.230 e. The van der Waals surface area contributed by atoms with Crippen molar-refractivity contribution in [1.82, 2.24) is 20.4 Å². The van der Waals surface area contributed by atoms with Crippen LogP contribution in [0.15, 0.2) is 4.42 Å². The molecule has 0 spiro atoms. The van der Waals surface area contributed by atoms with E-state index in [-0.39, 0.29) is 0 Å². The zero-order valence-corrected chi connectivity index (χ0v) is 12.6. The third-order valence-electron chi connectivity index (χ3n) is 4.93. The monoisotopic (exact) mass is 278 g/mol. The number of hydrogen-bond acceptors (Lipinski definition) is 5. The Morgan fingerprint density at radius 2 is 2.15 bits per heavy atom. The Kier molecular flexibility index (Phi) is 4.36. The third-order valence-corrected chi connectivity index (χ3v) is 4.93. The Bertz CT molecular complexity index is 429. The molecule has 20 heavy (non-hydrogen) atoms. The average molecular weight is 278 g/mol. The van der Waals surface area contributed by atoms with E-state index in [1.165, 1.54) is 45.2 Å². The number of nitrogens with one attached hydrogen (secondary N) is 1. The Morgan fingerprint density at radius 3 is 2.80 bits per heavy atom. The highest BCUT2D eigenvalue weighted by Crippen LogP contribution is 2.30. The highest BCUT2D eigenvalue weighted by atomic mass is 16.4. The van der Waals surface area contributed by atoms with Crippen molar-refractivity contribution in [2.24, 2.45) is 5.92 Å². The summed E-state index contributed by atoms with van der Waals surface area (Å²) in [4.78, 5) is 2.71. The van der Waals surface area contributed by atoms with Crippen molar-refractivity contribution in [1.29, 1.82) is 0 Å². The summed E-state index contributed by atoms with van der Waals surface area (Å²) in [5.74, 6) is 2.08. The molecule has 1 aromatic rings. The number of aryl methyl sites for hydroxylation is 1. The van der Waals surface area contributed by atoms with Gasteiger partial charge in [-0.3, -0.25) is 0 Å². The van der Waals surface area contributed by atoms with Crippen molar-refractivity contribution in [3.63, 3.8) is 0 Å². The minimum atomic E-state index is 0.505. The second-order valence-corrected chi connectivity index (χ2v) is 6.37. The fraction of sp³-hybridized carbons (Fsp3) is 0.867. The molecule has 2 atom stereocenters. The number of rotatable bonds is 5. The zero-order chi connectivity index (χ0) is 13.9. The fourth-order valence-corrected chi connectivity index (χ4v) is 3.36. The van der Waals surface area contributed by atoms with Crippen LogP contribution in [0, 0.1) is 12.8 Å². The van der Waals surface area contributed by atoms with Gasteiger partial charge in [-0.2, -0.15) is 0 Å². The maximum absolute atomic E-state index is 5.41. The lowest BCUT2D eigenvalue weighted by Crippen LogP contribution is -2.49. The van der Waals surface area contributed by atoms with E-state index in [0.29, 0.717) is 24.4 Å². The topological polar surface area (TPSA) is 54.2 Å². The fourth-order valence-electron chi connectivity index (χ4n) is 3.36. The molecule has 0 aromatic carbocycles. The molecular weight excluding hydrogens is 252 g/mol. The average Bonchev–Trinajstić information content (AvgIpc) is 2.80. The molecule has 1 aliphatic heterocycles. The van der Waals surface area contributed by atoms with Gasteiger partial charge in [0, 0.05) is 25.6 Å². The van der Waals surface area contributed by atoms with Gasteiger partial charge in [0.25, 0.3) is 0 Å². The molecule has 0 bridgehead atoms. The standard InChI is InChI=1S/C15H26N4O/c1-11(16-9-15-18-17-12(2)20-15)13-5-4-8-19(10-13)14-6-3-7-14/h11,13-14,16H,3-10H2,1-2H3. The van der Waals surface area contributed by atoms with Crippen LogP contribution in [-0.4, -0.2) is 40.3 Å². The molecule has 2 fully saturated rings. The summed E-state index contributed by atoms with van der Waals surface area (Å²) < 4.78 is 5.41. The minimum Gasteiger partial charge on any atom is -0.424 e. The predicted molar refractivity (Wildman–Crippen MR) is 77.3 cm³/mol. The summed E-state index contributed by atoms with van der Waals surface area (Å²) in [5.41, 5.74) is 0. The highest BCUT2D eigenvalue weighted by Gasteiger charge is 2.31. The normalized spacial score (nSPS) is 26.4. The van der Waals surface area contributed by atoms with Crippen LogP contribution in [0.5, 0.6) is 0 Å². The molecule has 5 heteroatoms.